The number of nitrogens with zero attached hydrogens (tertiary/aromatic N) is 3. The van der Waals surface area contributed by atoms with Crippen molar-refractivity contribution in [1.82, 2.24) is 13.7 Å². The lowest BCUT2D eigenvalue weighted by Gasteiger charge is -2.17. The van der Waals surface area contributed by atoms with E-state index < -0.39 is 0 Å². The summed E-state index contributed by atoms with van der Waals surface area (Å²) in [7, 11) is 2.22. The van der Waals surface area contributed by atoms with Gasteiger partial charge in [0, 0.05) is 56.3 Å². The Morgan fingerprint density at radius 3 is 2.02 bits per heavy atom. The molecule has 0 spiro atoms. The lowest BCUT2D eigenvalue weighted by Crippen LogP contribution is -2.03. The van der Waals surface area contributed by atoms with E-state index in [0.29, 0.717) is 5.92 Å². The second-order valence-electron chi connectivity index (χ2n) is 11.5. The zero-order chi connectivity index (χ0) is 27.2. The van der Waals surface area contributed by atoms with E-state index in [1.54, 1.807) is 0 Å². The molecule has 0 bridgehead atoms. The zero-order valence-corrected chi connectivity index (χ0v) is 23.2. The van der Waals surface area contributed by atoms with Crippen LogP contribution in [0.5, 0.6) is 0 Å². The van der Waals surface area contributed by atoms with E-state index >= 15 is 0 Å². The summed E-state index contributed by atoms with van der Waals surface area (Å²) in [5, 5.41) is 7.78. The maximum Gasteiger partial charge on any atom is 0.0785 e. The van der Waals surface area contributed by atoms with Crippen LogP contribution < -0.4 is 0 Å². The van der Waals surface area contributed by atoms with Crippen LogP contribution in [0.4, 0.5) is 0 Å². The SMILES string of the molecule is CC1C=C(n2c3c(ccc4c3c3ccccc3n4-c3ccccc3)c3ccc4c5ccccc5n(C)c4c32)C=CC1. The van der Waals surface area contributed by atoms with Crippen LogP contribution in [-0.2, 0) is 7.05 Å². The molecule has 0 fully saturated rings. The van der Waals surface area contributed by atoms with Crippen LogP contribution in [-0.4, -0.2) is 13.7 Å². The Bertz CT molecular complexity index is 2410. The van der Waals surface area contributed by atoms with Crippen LogP contribution in [0.1, 0.15) is 13.3 Å². The van der Waals surface area contributed by atoms with Crippen LogP contribution in [0.15, 0.2) is 121 Å². The predicted molar refractivity (Wildman–Crippen MR) is 175 cm³/mol. The fourth-order valence-corrected chi connectivity index (χ4v) is 7.38. The monoisotopic (exact) mass is 527 g/mol. The first-order valence-electron chi connectivity index (χ1n) is 14.5. The molecule has 5 aromatic carbocycles. The molecule has 3 heteroatoms. The lowest BCUT2D eigenvalue weighted by molar-refractivity contribution is 0.735. The highest BCUT2D eigenvalue weighted by Gasteiger charge is 2.24. The second-order valence-corrected chi connectivity index (χ2v) is 11.5. The molecule has 0 saturated heterocycles. The second kappa shape index (κ2) is 8.25. The summed E-state index contributed by atoms with van der Waals surface area (Å²) in [5.74, 6) is 0.485. The number of hydrogen-bond acceptors (Lipinski definition) is 0. The van der Waals surface area contributed by atoms with E-state index in [9.17, 15) is 0 Å². The van der Waals surface area contributed by atoms with Gasteiger partial charge in [-0.05, 0) is 48.7 Å². The highest BCUT2D eigenvalue weighted by atomic mass is 15.0. The van der Waals surface area contributed by atoms with Crippen molar-refractivity contribution in [2.45, 2.75) is 13.3 Å². The van der Waals surface area contributed by atoms with Gasteiger partial charge in [-0.2, -0.15) is 0 Å². The number of allylic oxidation sites excluding steroid dienone is 4. The highest BCUT2D eigenvalue weighted by molar-refractivity contribution is 6.30. The Labute approximate surface area is 237 Å². The first-order chi connectivity index (χ1) is 20.2. The van der Waals surface area contributed by atoms with Gasteiger partial charge in [0.15, 0.2) is 0 Å². The molecule has 1 atom stereocenters. The third-order valence-corrected chi connectivity index (χ3v) is 9.12. The van der Waals surface area contributed by atoms with E-state index in [-0.39, 0.29) is 0 Å². The van der Waals surface area contributed by atoms with Crippen LogP contribution in [0.2, 0.25) is 0 Å². The van der Waals surface area contributed by atoms with Crippen molar-refractivity contribution in [2.24, 2.45) is 13.0 Å². The Morgan fingerprint density at radius 1 is 0.561 bits per heavy atom. The van der Waals surface area contributed by atoms with E-state index in [0.717, 1.165) is 6.42 Å². The Balaban J connectivity index is 1.57. The topological polar surface area (TPSA) is 14.8 Å². The first kappa shape index (κ1) is 22.8. The quantitative estimate of drug-likeness (QED) is 0.212. The molecule has 1 aliphatic carbocycles. The standard InChI is InChI=1S/C38H29N3/c1-24-11-10-14-26(23-24)41-36-29(30-20-19-28-27-15-6-8-17-32(27)39(2)37(28)38(30)41)21-22-34-35(36)31-16-7-9-18-33(31)40(34)25-12-4-3-5-13-25/h3-10,12-24H,11H2,1-2H3. The van der Waals surface area contributed by atoms with Gasteiger partial charge in [0.25, 0.3) is 0 Å². The molecule has 196 valence electrons. The maximum absolute atomic E-state index is 2.57. The Hall–Kier alpha value is -5.02. The van der Waals surface area contributed by atoms with E-state index in [2.05, 4.69) is 149 Å². The summed E-state index contributed by atoms with van der Waals surface area (Å²) in [6.07, 6.45) is 8.20. The van der Waals surface area contributed by atoms with Gasteiger partial charge >= 0.3 is 0 Å². The molecule has 0 radical (unpaired) electrons. The average molecular weight is 528 g/mol. The van der Waals surface area contributed by atoms with E-state index in [1.807, 2.05) is 0 Å². The molecule has 0 aliphatic heterocycles. The van der Waals surface area contributed by atoms with Crippen LogP contribution in [0.25, 0.3) is 76.8 Å². The first-order valence-corrected chi connectivity index (χ1v) is 14.5. The minimum absolute atomic E-state index is 0.485. The number of aryl methyl sites for hydroxylation is 1. The fourth-order valence-electron chi connectivity index (χ4n) is 7.38. The van der Waals surface area contributed by atoms with Gasteiger partial charge in [0.2, 0.25) is 0 Å². The van der Waals surface area contributed by atoms with Crippen molar-refractivity contribution in [3.05, 3.63) is 121 Å². The van der Waals surface area contributed by atoms with Crippen molar-refractivity contribution < 1.29 is 0 Å². The molecule has 41 heavy (non-hydrogen) atoms. The summed E-state index contributed by atoms with van der Waals surface area (Å²) in [4.78, 5) is 0. The number of aromatic nitrogens is 3. The Morgan fingerprint density at radius 2 is 1.22 bits per heavy atom. The van der Waals surface area contributed by atoms with Gasteiger partial charge in [-0.3, -0.25) is 0 Å². The van der Waals surface area contributed by atoms with Gasteiger partial charge < -0.3 is 13.7 Å². The van der Waals surface area contributed by atoms with Gasteiger partial charge in [0.1, 0.15) is 0 Å². The summed E-state index contributed by atoms with van der Waals surface area (Å²) >= 11 is 0. The normalized spacial score (nSPS) is 15.8. The number of para-hydroxylation sites is 3. The van der Waals surface area contributed by atoms with E-state index in [1.165, 1.54) is 76.8 Å². The minimum atomic E-state index is 0.485. The third kappa shape index (κ3) is 2.98. The molecule has 0 amide bonds. The van der Waals surface area contributed by atoms with E-state index in [4.69, 9.17) is 0 Å². The van der Waals surface area contributed by atoms with Gasteiger partial charge in [-0.15, -0.1) is 0 Å². The molecule has 3 nitrogen and oxygen atoms in total. The number of fused-ring (bicyclic) bond motifs is 11. The molecule has 1 aliphatic rings. The van der Waals surface area contributed by atoms with Crippen molar-refractivity contribution >= 4 is 71.1 Å². The number of benzene rings is 5. The number of hydrogen-bond donors (Lipinski definition) is 0. The highest BCUT2D eigenvalue weighted by Crippen LogP contribution is 2.45. The molecule has 1 unspecified atom stereocenters. The van der Waals surface area contributed by atoms with Crippen LogP contribution in [0, 0.1) is 5.92 Å². The van der Waals surface area contributed by atoms with Gasteiger partial charge in [0.05, 0.1) is 27.6 Å². The van der Waals surface area contributed by atoms with Crippen molar-refractivity contribution in [3.63, 3.8) is 0 Å². The molecule has 3 heterocycles. The third-order valence-electron chi connectivity index (χ3n) is 9.12. The summed E-state index contributed by atoms with van der Waals surface area (Å²) in [6, 6.07) is 37.8. The van der Waals surface area contributed by atoms with Crippen LogP contribution in [0.3, 0.4) is 0 Å². The van der Waals surface area contributed by atoms with Crippen molar-refractivity contribution in [1.29, 1.82) is 0 Å². The largest absolute Gasteiger partial charge is 0.342 e. The average Bonchev–Trinajstić information content (AvgIpc) is 3.63. The van der Waals surface area contributed by atoms with Crippen molar-refractivity contribution in [2.75, 3.05) is 0 Å². The molecular weight excluding hydrogens is 498 g/mol. The fraction of sp³-hybridized carbons (Fsp3) is 0.105. The summed E-state index contributed by atoms with van der Waals surface area (Å²) in [6.45, 7) is 2.32. The zero-order valence-electron chi connectivity index (χ0n) is 23.2. The molecule has 9 rings (SSSR count). The molecular formula is C38H29N3. The number of rotatable bonds is 2. The lowest BCUT2D eigenvalue weighted by atomic mass is 10.0. The summed E-state index contributed by atoms with van der Waals surface area (Å²) < 4.78 is 7.39. The van der Waals surface area contributed by atoms with Crippen molar-refractivity contribution in [3.8, 4) is 5.69 Å². The molecule has 3 aromatic heterocycles. The van der Waals surface area contributed by atoms with Gasteiger partial charge in [-0.1, -0.05) is 91.9 Å². The molecule has 0 saturated carbocycles. The minimum Gasteiger partial charge on any atom is -0.342 e. The summed E-state index contributed by atoms with van der Waals surface area (Å²) in [5.41, 5.74) is 10.0. The molecule has 8 aromatic rings. The smallest absolute Gasteiger partial charge is 0.0785 e. The predicted octanol–water partition coefficient (Wildman–Crippen LogP) is 9.97. The van der Waals surface area contributed by atoms with Gasteiger partial charge in [-0.25, -0.2) is 0 Å². The molecule has 0 N–H and O–H groups in total. The van der Waals surface area contributed by atoms with Crippen LogP contribution >= 0.6 is 0 Å². The maximum atomic E-state index is 2.57. The Kier molecular flexibility index (Phi) is 4.58.